The van der Waals surface area contributed by atoms with Crippen LogP contribution in [0.3, 0.4) is 0 Å². The second-order valence-corrected chi connectivity index (χ2v) is 9.17. The normalized spacial score (nSPS) is 18.8. The summed E-state index contributed by atoms with van der Waals surface area (Å²) in [6, 6.07) is 3.87. The minimum Gasteiger partial charge on any atom is -0.354 e. The van der Waals surface area contributed by atoms with E-state index in [1.54, 1.807) is 18.1 Å². The van der Waals surface area contributed by atoms with E-state index in [9.17, 15) is 13.6 Å². The zero-order valence-electron chi connectivity index (χ0n) is 18.3. The lowest BCUT2D eigenvalue weighted by Gasteiger charge is -2.34. The Kier molecular flexibility index (Phi) is 5.81. The Morgan fingerprint density at radius 2 is 1.84 bits per heavy atom. The Bertz CT molecular complexity index is 954. The average Bonchev–Trinajstić information content (AvgIpc) is 3.22. The molecular formula is C23H29F2N5O. The van der Waals surface area contributed by atoms with Crippen molar-refractivity contribution in [3.05, 3.63) is 41.6 Å². The van der Waals surface area contributed by atoms with Crippen molar-refractivity contribution < 1.29 is 13.6 Å². The molecule has 166 valence electrons. The van der Waals surface area contributed by atoms with Gasteiger partial charge < -0.3 is 15.1 Å². The van der Waals surface area contributed by atoms with Crippen molar-refractivity contribution >= 4 is 23.4 Å². The summed E-state index contributed by atoms with van der Waals surface area (Å²) in [5.41, 5.74) is 0.743. The Morgan fingerprint density at radius 1 is 1.16 bits per heavy atom. The first kappa shape index (κ1) is 21.5. The number of amides is 1. The maximum atomic E-state index is 13.4. The number of rotatable bonds is 5. The van der Waals surface area contributed by atoms with Crippen LogP contribution in [0.15, 0.2) is 24.4 Å². The number of halogens is 2. The lowest BCUT2D eigenvalue weighted by atomic mass is 9.91. The van der Waals surface area contributed by atoms with Gasteiger partial charge in [0.2, 0.25) is 11.9 Å². The average molecular weight is 430 g/mol. The Hall–Kier alpha value is -2.77. The van der Waals surface area contributed by atoms with Crippen molar-refractivity contribution in [1.29, 1.82) is 0 Å². The van der Waals surface area contributed by atoms with E-state index in [0.717, 1.165) is 24.7 Å². The molecule has 2 aromatic rings. The van der Waals surface area contributed by atoms with E-state index in [0.29, 0.717) is 42.8 Å². The fourth-order valence-electron chi connectivity index (χ4n) is 4.62. The lowest BCUT2D eigenvalue weighted by Crippen LogP contribution is -2.45. The standard InChI is InChI=1S/C23H29F2N5O/c1-23(2)14-30(18-6-4-5-7-18)20-19(29(3)21(23)31)13-27-22(28-20)26-9-8-15-10-16(24)12-17(25)11-15/h10-13,18H,4-9,14H2,1-3H3,(H,26,27,28). The molecule has 1 amide bonds. The Morgan fingerprint density at radius 3 is 2.52 bits per heavy atom. The highest BCUT2D eigenvalue weighted by Crippen LogP contribution is 2.40. The number of nitrogens with one attached hydrogen (secondary N) is 1. The first-order valence-electron chi connectivity index (χ1n) is 10.9. The molecule has 8 heteroatoms. The summed E-state index contributed by atoms with van der Waals surface area (Å²) < 4.78 is 26.8. The number of anilines is 3. The molecule has 31 heavy (non-hydrogen) atoms. The Balaban J connectivity index is 1.58. The second-order valence-electron chi connectivity index (χ2n) is 9.17. The monoisotopic (exact) mass is 429 g/mol. The third-order valence-electron chi connectivity index (χ3n) is 6.22. The van der Waals surface area contributed by atoms with Crippen molar-refractivity contribution in [2.24, 2.45) is 5.41 Å². The summed E-state index contributed by atoms with van der Waals surface area (Å²) in [6.07, 6.45) is 6.67. The van der Waals surface area contributed by atoms with Crippen molar-refractivity contribution in [2.75, 3.05) is 35.3 Å². The summed E-state index contributed by atoms with van der Waals surface area (Å²) in [4.78, 5) is 26.1. The van der Waals surface area contributed by atoms with Crippen LogP contribution in [-0.2, 0) is 11.2 Å². The molecule has 0 spiro atoms. The van der Waals surface area contributed by atoms with Gasteiger partial charge in [-0.3, -0.25) is 4.79 Å². The van der Waals surface area contributed by atoms with Gasteiger partial charge in [-0.1, -0.05) is 12.8 Å². The first-order valence-corrected chi connectivity index (χ1v) is 10.9. The number of benzene rings is 1. The fourth-order valence-corrected chi connectivity index (χ4v) is 4.62. The highest BCUT2D eigenvalue weighted by atomic mass is 19.1. The molecule has 0 bridgehead atoms. The van der Waals surface area contributed by atoms with Gasteiger partial charge in [0.15, 0.2) is 5.82 Å². The smallest absolute Gasteiger partial charge is 0.234 e. The van der Waals surface area contributed by atoms with E-state index in [1.807, 2.05) is 13.8 Å². The zero-order valence-corrected chi connectivity index (χ0v) is 18.3. The van der Waals surface area contributed by atoms with Crippen LogP contribution in [0.5, 0.6) is 0 Å². The number of nitrogens with zero attached hydrogens (tertiary/aromatic N) is 4. The van der Waals surface area contributed by atoms with Gasteiger partial charge in [-0.15, -0.1) is 0 Å². The molecule has 0 saturated heterocycles. The molecule has 1 saturated carbocycles. The maximum absolute atomic E-state index is 13.4. The minimum absolute atomic E-state index is 0.0479. The van der Waals surface area contributed by atoms with Crippen LogP contribution in [-0.4, -0.2) is 42.1 Å². The number of fused-ring (bicyclic) bond motifs is 1. The molecule has 2 heterocycles. The van der Waals surface area contributed by atoms with Crippen LogP contribution in [0.1, 0.15) is 45.1 Å². The van der Waals surface area contributed by atoms with Gasteiger partial charge in [-0.25, -0.2) is 13.8 Å². The van der Waals surface area contributed by atoms with Gasteiger partial charge in [-0.05, 0) is 50.8 Å². The third kappa shape index (κ3) is 4.48. The van der Waals surface area contributed by atoms with Gasteiger partial charge in [0, 0.05) is 32.2 Å². The molecule has 0 radical (unpaired) electrons. The number of aromatic nitrogens is 2. The van der Waals surface area contributed by atoms with Crippen LogP contribution in [0.2, 0.25) is 0 Å². The Labute approximate surface area is 181 Å². The molecule has 2 aliphatic rings. The van der Waals surface area contributed by atoms with E-state index < -0.39 is 17.0 Å². The van der Waals surface area contributed by atoms with Gasteiger partial charge in [-0.2, -0.15) is 4.98 Å². The highest BCUT2D eigenvalue weighted by Gasteiger charge is 2.41. The first-order chi connectivity index (χ1) is 14.7. The van der Waals surface area contributed by atoms with Gasteiger partial charge in [0.25, 0.3) is 0 Å². The molecule has 0 atom stereocenters. The molecule has 1 fully saturated rings. The SMILES string of the molecule is CN1C(=O)C(C)(C)CN(C2CCCC2)c2nc(NCCc3cc(F)cc(F)c3)ncc21. The maximum Gasteiger partial charge on any atom is 0.234 e. The van der Waals surface area contributed by atoms with E-state index in [4.69, 9.17) is 4.98 Å². The molecule has 1 aliphatic heterocycles. The molecule has 1 aliphatic carbocycles. The molecule has 1 aromatic carbocycles. The summed E-state index contributed by atoms with van der Waals surface area (Å²) in [5, 5.41) is 3.16. The van der Waals surface area contributed by atoms with E-state index in [2.05, 4.69) is 15.2 Å². The van der Waals surface area contributed by atoms with Crippen LogP contribution >= 0.6 is 0 Å². The fraction of sp³-hybridized carbons (Fsp3) is 0.522. The summed E-state index contributed by atoms with van der Waals surface area (Å²) in [5.74, 6) is 0.0890. The molecule has 6 nitrogen and oxygen atoms in total. The molecular weight excluding hydrogens is 400 g/mol. The highest BCUT2D eigenvalue weighted by molar-refractivity contribution is 6.00. The van der Waals surface area contributed by atoms with Crippen LogP contribution in [0, 0.1) is 17.0 Å². The van der Waals surface area contributed by atoms with Gasteiger partial charge >= 0.3 is 0 Å². The molecule has 0 unspecified atom stereocenters. The number of carbonyl (C=O) groups excluding carboxylic acids is 1. The second kappa shape index (κ2) is 8.40. The minimum atomic E-state index is -0.584. The quantitative estimate of drug-likeness (QED) is 0.773. The van der Waals surface area contributed by atoms with Crippen LogP contribution in [0.4, 0.5) is 26.2 Å². The van der Waals surface area contributed by atoms with Crippen LogP contribution < -0.4 is 15.1 Å². The summed E-state index contributed by atoms with van der Waals surface area (Å²) in [6.45, 7) is 4.99. The predicted molar refractivity (Wildman–Crippen MR) is 117 cm³/mol. The topological polar surface area (TPSA) is 61.4 Å². The molecule has 1 N–H and O–H groups in total. The number of carbonyl (C=O) groups is 1. The number of hydrogen-bond acceptors (Lipinski definition) is 5. The largest absolute Gasteiger partial charge is 0.354 e. The van der Waals surface area contributed by atoms with Crippen molar-refractivity contribution in [3.63, 3.8) is 0 Å². The summed E-state index contributed by atoms with van der Waals surface area (Å²) in [7, 11) is 1.77. The van der Waals surface area contributed by atoms with Crippen molar-refractivity contribution in [1.82, 2.24) is 9.97 Å². The number of hydrogen-bond donors (Lipinski definition) is 1. The summed E-state index contributed by atoms with van der Waals surface area (Å²) >= 11 is 0. The van der Waals surface area contributed by atoms with Gasteiger partial charge in [0.1, 0.15) is 17.3 Å². The van der Waals surface area contributed by atoms with E-state index >= 15 is 0 Å². The van der Waals surface area contributed by atoms with Crippen molar-refractivity contribution in [2.45, 2.75) is 52.0 Å². The van der Waals surface area contributed by atoms with E-state index in [-0.39, 0.29) is 5.91 Å². The van der Waals surface area contributed by atoms with Gasteiger partial charge in [0.05, 0.1) is 11.6 Å². The van der Waals surface area contributed by atoms with Crippen molar-refractivity contribution in [3.8, 4) is 0 Å². The van der Waals surface area contributed by atoms with E-state index in [1.165, 1.54) is 25.0 Å². The molecule has 1 aromatic heterocycles. The zero-order chi connectivity index (χ0) is 22.2. The lowest BCUT2D eigenvalue weighted by molar-refractivity contribution is -0.125. The van der Waals surface area contributed by atoms with Crippen LogP contribution in [0.25, 0.3) is 0 Å². The third-order valence-corrected chi connectivity index (χ3v) is 6.22. The molecule has 4 rings (SSSR count). The predicted octanol–water partition coefficient (Wildman–Crippen LogP) is 4.16.